The summed E-state index contributed by atoms with van der Waals surface area (Å²) in [5.74, 6) is 2.25. The van der Waals surface area contributed by atoms with Gasteiger partial charge in [-0.15, -0.1) is 6.42 Å². The molecule has 16 heavy (non-hydrogen) atoms. The maximum Gasteiger partial charge on any atom is 0.304 e. The molecule has 0 aliphatic carbocycles. The third-order valence-corrected chi connectivity index (χ3v) is 4.49. The molecule has 0 spiro atoms. The summed E-state index contributed by atoms with van der Waals surface area (Å²) in [6.45, 7) is 0.102. The van der Waals surface area contributed by atoms with Crippen LogP contribution in [0.3, 0.4) is 0 Å². The summed E-state index contributed by atoms with van der Waals surface area (Å²) in [7, 11) is -3.44. The number of anilines is 1. The first-order chi connectivity index (χ1) is 7.36. The number of nitrogens with one attached hydrogen (secondary N) is 1. The zero-order valence-electron chi connectivity index (χ0n) is 8.26. The molecular formula is C8H8N2O4S2. The predicted molar refractivity (Wildman–Crippen MR) is 61.4 cm³/mol. The van der Waals surface area contributed by atoms with Crippen molar-refractivity contribution in [1.29, 1.82) is 0 Å². The molecule has 1 aromatic heterocycles. The van der Waals surface area contributed by atoms with Crippen molar-refractivity contribution in [1.82, 2.24) is 0 Å². The van der Waals surface area contributed by atoms with E-state index < -0.39 is 14.8 Å². The highest BCUT2D eigenvalue weighted by Crippen LogP contribution is 2.36. The van der Waals surface area contributed by atoms with E-state index in [1.165, 1.54) is 0 Å². The molecule has 6 nitrogen and oxygen atoms in total. The molecule has 1 aromatic rings. The van der Waals surface area contributed by atoms with E-state index in [1.807, 2.05) is 0 Å². The summed E-state index contributed by atoms with van der Waals surface area (Å²) in [5, 5.41) is 13.4. The minimum Gasteiger partial charge on any atom is -0.360 e. The Morgan fingerprint density at radius 2 is 2.31 bits per heavy atom. The minimum atomic E-state index is -3.44. The zero-order chi connectivity index (χ0) is 12.3. The quantitative estimate of drug-likeness (QED) is 0.497. The normalized spacial score (nSPS) is 10.8. The molecule has 0 aromatic carbocycles. The van der Waals surface area contributed by atoms with Crippen molar-refractivity contribution in [2.24, 2.45) is 0 Å². The fourth-order valence-electron chi connectivity index (χ4n) is 0.936. The van der Waals surface area contributed by atoms with Crippen LogP contribution in [-0.4, -0.2) is 26.1 Å². The van der Waals surface area contributed by atoms with E-state index in [1.54, 1.807) is 0 Å². The second-order valence-electron chi connectivity index (χ2n) is 2.87. The minimum absolute atomic E-state index is 0.0567. The van der Waals surface area contributed by atoms with Crippen LogP contribution in [0.15, 0.2) is 10.3 Å². The molecule has 0 saturated carbocycles. The van der Waals surface area contributed by atoms with Crippen LogP contribution in [-0.2, 0) is 9.84 Å². The van der Waals surface area contributed by atoms with Crippen LogP contribution < -0.4 is 5.32 Å². The van der Waals surface area contributed by atoms with Gasteiger partial charge in [0, 0.05) is 12.3 Å². The first-order valence-electron chi connectivity index (χ1n) is 4.02. The summed E-state index contributed by atoms with van der Waals surface area (Å²) in [4.78, 5) is 10.0. The van der Waals surface area contributed by atoms with E-state index in [2.05, 4.69) is 11.2 Å². The van der Waals surface area contributed by atoms with Crippen LogP contribution in [0.1, 0.15) is 0 Å². The van der Waals surface area contributed by atoms with Gasteiger partial charge in [-0.3, -0.25) is 10.1 Å². The van der Waals surface area contributed by atoms with E-state index in [-0.39, 0.29) is 21.4 Å². The summed E-state index contributed by atoms with van der Waals surface area (Å²) in [6, 6.07) is 1.03. The van der Waals surface area contributed by atoms with Crippen LogP contribution in [0.2, 0.25) is 0 Å². The van der Waals surface area contributed by atoms with Crippen molar-refractivity contribution in [3.63, 3.8) is 0 Å². The van der Waals surface area contributed by atoms with Crippen molar-refractivity contribution in [2.45, 2.75) is 4.21 Å². The lowest BCUT2D eigenvalue weighted by atomic mass is 10.5. The largest absolute Gasteiger partial charge is 0.360 e. The third-order valence-electron chi connectivity index (χ3n) is 1.60. The predicted octanol–water partition coefficient (Wildman–Crippen LogP) is 1.10. The molecule has 0 bridgehead atoms. The molecule has 8 heteroatoms. The van der Waals surface area contributed by atoms with Crippen LogP contribution in [0.4, 0.5) is 10.7 Å². The topological polar surface area (TPSA) is 89.3 Å². The Labute approximate surface area is 96.4 Å². The second kappa shape index (κ2) is 4.51. The Hall–Kier alpha value is -1.59. The SMILES string of the molecule is C#CCNc1sc(S(C)(=O)=O)cc1[N+](=O)[O-]. The average molecular weight is 260 g/mol. The van der Waals surface area contributed by atoms with Crippen LogP contribution in [0.5, 0.6) is 0 Å². The highest BCUT2D eigenvalue weighted by atomic mass is 32.2. The number of rotatable bonds is 4. The molecule has 0 radical (unpaired) electrons. The van der Waals surface area contributed by atoms with E-state index >= 15 is 0 Å². The van der Waals surface area contributed by atoms with Gasteiger partial charge in [0.2, 0.25) is 0 Å². The van der Waals surface area contributed by atoms with Gasteiger partial charge in [-0.2, -0.15) is 0 Å². The van der Waals surface area contributed by atoms with E-state index in [4.69, 9.17) is 6.42 Å². The highest BCUT2D eigenvalue weighted by Gasteiger charge is 2.23. The maximum atomic E-state index is 11.2. The molecule has 0 unspecified atom stereocenters. The first-order valence-corrected chi connectivity index (χ1v) is 6.72. The molecule has 0 fully saturated rings. The number of nitrogens with zero attached hydrogens (tertiary/aromatic N) is 1. The number of hydrogen-bond donors (Lipinski definition) is 1. The standard InChI is InChI=1S/C8H8N2O4S2/c1-3-4-9-8-6(10(11)12)5-7(15-8)16(2,13)14/h1,5,9H,4H2,2H3. The molecule has 86 valence electrons. The zero-order valence-corrected chi connectivity index (χ0v) is 9.89. The molecule has 0 atom stereocenters. The monoisotopic (exact) mass is 260 g/mol. The fourth-order valence-corrected chi connectivity index (χ4v) is 2.87. The van der Waals surface area contributed by atoms with Gasteiger partial charge in [0.25, 0.3) is 0 Å². The molecule has 0 aliphatic rings. The van der Waals surface area contributed by atoms with Gasteiger partial charge in [0.15, 0.2) is 14.8 Å². The Balaban J connectivity index is 3.22. The van der Waals surface area contributed by atoms with Crippen molar-refractivity contribution in [3.8, 4) is 12.3 Å². The number of thiophene rings is 1. The summed E-state index contributed by atoms with van der Waals surface area (Å²) >= 11 is 0.798. The van der Waals surface area contributed by atoms with E-state index in [9.17, 15) is 18.5 Å². The van der Waals surface area contributed by atoms with Crippen LogP contribution in [0.25, 0.3) is 0 Å². The second-order valence-corrected chi connectivity index (χ2v) is 6.16. The van der Waals surface area contributed by atoms with Crippen molar-refractivity contribution in [2.75, 3.05) is 18.1 Å². The lowest BCUT2D eigenvalue weighted by molar-refractivity contribution is -0.383. The van der Waals surface area contributed by atoms with Crippen LogP contribution >= 0.6 is 11.3 Å². The lowest BCUT2D eigenvalue weighted by Crippen LogP contribution is -1.98. The number of terminal acetylenes is 1. The van der Waals surface area contributed by atoms with Crippen molar-refractivity contribution in [3.05, 3.63) is 16.2 Å². The van der Waals surface area contributed by atoms with Gasteiger partial charge in [-0.05, 0) is 0 Å². The molecule has 0 amide bonds. The van der Waals surface area contributed by atoms with Crippen LogP contribution in [0, 0.1) is 22.5 Å². The fraction of sp³-hybridized carbons (Fsp3) is 0.250. The highest BCUT2D eigenvalue weighted by molar-refractivity contribution is 7.92. The van der Waals surface area contributed by atoms with Crippen molar-refractivity contribution >= 4 is 31.9 Å². The van der Waals surface area contributed by atoms with E-state index in [0.717, 1.165) is 23.7 Å². The molecule has 1 N–H and O–H groups in total. The molecule has 1 rings (SSSR count). The molecule has 0 aliphatic heterocycles. The van der Waals surface area contributed by atoms with Gasteiger partial charge in [-0.25, -0.2) is 8.42 Å². The van der Waals surface area contributed by atoms with Gasteiger partial charge in [-0.1, -0.05) is 17.3 Å². The summed E-state index contributed by atoms with van der Waals surface area (Å²) in [6.07, 6.45) is 5.99. The Morgan fingerprint density at radius 3 is 2.75 bits per heavy atom. The smallest absolute Gasteiger partial charge is 0.304 e. The molecule has 0 saturated heterocycles. The van der Waals surface area contributed by atoms with Crippen molar-refractivity contribution < 1.29 is 13.3 Å². The van der Waals surface area contributed by atoms with Gasteiger partial charge >= 0.3 is 5.69 Å². The lowest BCUT2D eigenvalue weighted by Gasteiger charge is -1.96. The summed E-state index contributed by atoms with van der Waals surface area (Å²) in [5.41, 5.74) is -0.277. The number of hydrogen-bond acceptors (Lipinski definition) is 6. The summed E-state index contributed by atoms with van der Waals surface area (Å²) < 4.78 is 22.4. The molecular weight excluding hydrogens is 252 g/mol. The van der Waals surface area contributed by atoms with Gasteiger partial charge in [0.05, 0.1) is 11.5 Å². The molecule has 1 heterocycles. The number of nitro groups is 1. The third kappa shape index (κ3) is 2.71. The Bertz CT molecular complexity index is 553. The van der Waals surface area contributed by atoms with Gasteiger partial charge in [0.1, 0.15) is 4.21 Å². The maximum absolute atomic E-state index is 11.2. The Kier molecular flexibility index (Phi) is 3.51. The van der Waals surface area contributed by atoms with Gasteiger partial charge < -0.3 is 5.32 Å². The average Bonchev–Trinajstić information content (AvgIpc) is 2.57. The Morgan fingerprint density at radius 1 is 1.69 bits per heavy atom. The first kappa shape index (κ1) is 12.5. The number of sulfone groups is 1. The van der Waals surface area contributed by atoms with E-state index in [0.29, 0.717) is 0 Å².